The largest absolute Gasteiger partial charge is 0.481 e. The molecule has 0 rings (SSSR count). The minimum absolute atomic E-state index is 0.0115. The van der Waals surface area contributed by atoms with Crippen LogP contribution in [0, 0.1) is 17.8 Å². The average Bonchev–Trinajstić information content (AvgIpc) is 2.77. The van der Waals surface area contributed by atoms with E-state index in [4.69, 9.17) is 15.6 Å². The van der Waals surface area contributed by atoms with Crippen molar-refractivity contribution in [3.05, 3.63) is 0 Å². The zero-order chi connectivity index (χ0) is 27.8. The van der Waals surface area contributed by atoms with E-state index in [9.17, 15) is 34.8 Å². The van der Waals surface area contributed by atoms with Crippen molar-refractivity contribution in [1.82, 2.24) is 0 Å². The summed E-state index contributed by atoms with van der Waals surface area (Å²) in [6.07, 6.45) is 2.97. The van der Waals surface area contributed by atoms with Gasteiger partial charge in [0.05, 0.1) is 24.7 Å². The smallest absolute Gasteiger partial charge is 0.321 e. The summed E-state index contributed by atoms with van der Waals surface area (Å²) >= 11 is 0. The van der Waals surface area contributed by atoms with Gasteiger partial charge in [0.1, 0.15) is 6.10 Å². The molecule has 0 aromatic heterocycles. The summed E-state index contributed by atoms with van der Waals surface area (Å²) in [5.41, 5.74) is 5.60. The fourth-order valence-electron chi connectivity index (χ4n) is 4.30. The first-order chi connectivity index (χ1) is 16.8. The van der Waals surface area contributed by atoms with E-state index in [2.05, 4.69) is 0 Å². The van der Waals surface area contributed by atoms with Gasteiger partial charge in [-0.25, -0.2) is 0 Å². The van der Waals surface area contributed by atoms with Crippen LogP contribution < -0.4 is 5.73 Å². The zero-order valence-corrected chi connectivity index (χ0v) is 22.3. The lowest BCUT2D eigenvalue weighted by Gasteiger charge is -2.27. The van der Waals surface area contributed by atoms with Gasteiger partial charge in [0.25, 0.3) is 0 Å². The maximum Gasteiger partial charge on any atom is 0.321 e. The summed E-state index contributed by atoms with van der Waals surface area (Å²) in [4.78, 5) is 34.7. The van der Waals surface area contributed by atoms with Crippen molar-refractivity contribution in [2.75, 3.05) is 0 Å². The molecule has 0 saturated heterocycles. The Bertz CT molecular complexity index is 643. The van der Waals surface area contributed by atoms with Crippen LogP contribution in [0.15, 0.2) is 0 Å². The molecule has 8 unspecified atom stereocenters. The number of unbranched alkanes of at least 4 members (excludes halogenated alkanes) is 1. The quantitative estimate of drug-likeness (QED) is 0.0747. The number of hydrogen-bond donors (Lipinski definition) is 6. The monoisotopic (exact) mass is 519 g/mol. The second-order valence-corrected chi connectivity index (χ2v) is 10.4. The molecule has 212 valence electrons. The molecule has 0 aliphatic carbocycles. The summed E-state index contributed by atoms with van der Waals surface area (Å²) in [5, 5.41) is 48.2. The van der Waals surface area contributed by atoms with Crippen LogP contribution in [-0.4, -0.2) is 73.9 Å². The molecule has 0 aliphatic heterocycles. The number of hydrogen-bond acceptors (Lipinski definition) is 8. The number of ether oxygens (including phenoxy) is 1. The molecule has 0 aromatic rings. The SMILES string of the molecule is CCCC(C)C(CCC(C)CC(O)CCCCC(O)CC(O)C(C)N)OC(=O)C(CC(=O)O)C(=O)O. The molecule has 0 saturated carbocycles. The number of carbonyl (C=O) groups is 3. The van der Waals surface area contributed by atoms with E-state index in [1.165, 1.54) is 0 Å². The van der Waals surface area contributed by atoms with Crippen molar-refractivity contribution in [3.8, 4) is 0 Å². The van der Waals surface area contributed by atoms with E-state index in [0.717, 1.165) is 25.7 Å². The van der Waals surface area contributed by atoms with Gasteiger partial charge in [-0.2, -0.15) is 0 Å². The molecule has 0 heterocycles. The molecule has 0 spiro atoms. The Balaban J connectivity index is 4.62. The lowest BCUT2D eigenvalue weighted by atomic mass is 9.89. The Morgan fingerprint density at radius 2 is 1.39 bits per heavy atom. The minimum Gasteiger partial charge on any atom is -0.481 e. The van der Waals surface area contributed by atoms with Gasteiger partial charge in [0.2, 0.25) is 0 Å². The second-order valence-electron chi connectivity index (χ2n) is 10.4. The Morgan fingerprint density at radius 3 is 1.86 bits per heavy atom. The lowest BCUT2D eigenvalue weighted by molar-refractivity contribution is -0.168. The molecule has 0 radical (unpaired) electrons. The summed E-state index contributed by atoms with van der Waals surface area (Å²) in [6, 6.07) is -0.389. The highest BCUT2D eigenvalue weighted by Gasteiger charge is 2.33. The van der Waals surface area contributed by atoms with Crippen molar-refractivity contribution >= 4 is 17.9 Å². The normalized spacial score (nSPS) is 18.3. The lowest BCUT2D eigenvalue weighted by Crippen LogP contribution is -2.34. The van der Waals surface area contributed by atoms with Crippen molar-refractivity contribution in [3.63, 3.8) is 0 Å². The Kier molecular flexibility index (Phi) is 17.6. The number of carbonyl (C=O) groups excluding carboxylic acids is 1. The summed E-state index contributed by atoms with van der Waals surface area (Å²) in [7, 11) is 0. The van der Waals surface area contributed by atoms with Crippen molar-refractivity contribution in [2.24, 2.45) is 23.5 Å². The molecule has 10 heteroatoms. The fourth-order valence-corrected chi connectivity index (χ4v) is 4.30. The highest BCUT2D eigenvalue weighted by Crippen LogP contribution is 2.25. The second kappa shape index (κ2) is 18.5. The predicted molar refractivity (Wildman–Crippen MR) is 135 cm³/mol. The zero-order valence-electron chi connectivity index (χ0n) is 22.3. The van der Waals surface area contributed by atoms with E-state index in [0.29, 0.717) is 32.1 Å². The van der Waals surface area contributed by atoms with Crippen LogP contribution in [0.2, 0.25) is 0 Å². The predicted octanol–water partition coefficient (Wildman–Crippen LogP) is 2.70. The molecule has 0 fully saturated rings. The molecule has 0 aromatic carbocycles. The van der Waals surface area contributed by atoms with Crippen LogP contribution in [0.1, 0.15) is 98.3 Å². The van der Waals surface area contributed by atoms with E-state index in [1.807, 2.05) is 20.8 Å². The number of nitrogens with two attached hydrogens (primary N) is 1. The third kappa shape index (κ3) is 15.4. The minimum atomic E-state index is -1.74. The van der Waals surface area contributed by atoms with Gasteiger partial charge in [0.15, 0.2) is 5.92 Å². The maximum atomic E-state index is 12.4. The third-order valence-corrected chi connectivity index (χ3v) is 6.67. The standard InChI is InChI=1S/C26H49NO9/c1-5-8-17(3)23(36-26(35)21(25(33)34)15-24(31)32)12-11-16(2)13-19(28)9-6-7-10-20(29)14-22(30)18(4)27/h16-23,28-30H,5-15,27H2,1-4H3,(H,31,32)(H,33,34). The molecular formula is C26H49NO9. The van der Waals surface area contributed by atoms with E-state index in [-0.39, 0.29) is 24.3 Å². The molecule has 36 heavy (non-hydrogen) atoms. The Morgan fingerprint density at radius 1 is 0.833 bits per heavy atom. The van der Waals surface area contributed by atoms with Crippen LogP contribution in [-0.2, 0) is 19.1 Å². The average molecular weight is 520 g/mol. The Labute approximate surface area is 215 Å². The van der Waals surface area contributed by atoms with Crippen LogP contribution in [0.25, 0.3) is 0 Å². The number of rotatable bonds is 21. The topological polar surface area (TPSA) is 188 Å². The van der Waals surface area contributed by atoms with Gasteiger partial charge in [0, 0.05) is 12.5 Å². The number of aliphatic hydroxyl groups excluding tert-OH is 3. The van der Waals surface area contributed by atoms with Crippen LogP contribution >= 0.6 is 0 Å². The van der Waals surface area contributed by atoms with Gasteiger partial charge >= 0.3 is 17.9 Å². The molecule has 8 atom stereocenters. The fraction of sp³-hybridized carbons (Fsp3) is 0.885. The van der Waals surface area contributed by atoms with E-state index < -0.39 is 54.7 Å². The number of aliphatic hydroxyl groups is 3. The third-order valence-electron chi connectivity index (χ3n) is 6.67. The van der Waals surface area contributed by atoms with Crippen LogP contribution in [0.3, 0.4) is 0 Å². The van der Waals surface area contributed by atoms with Crippen molar-refractivity contribution in [2.45, 2.75) is 129 Å². The molecule has 10 nitrogen and oxygen atoms in total. The Hall–Kier alpha value is -1.75. The first-order valence-electron chi connectivity index (χ1n) is 13.2. The number of aliphatic carboxylic acids is 2. The molecule has 7 N–H and O–H groups in total. The summed E-state index contributed by atoms with van der Waals surface area (Å²) < 4.78 is 5.49. The number of esters is 1. The van der Waals surface area contributed by atoms with E-state index in [1.54, 1.807) is 6.92 Å². The van der Waals surface area contributed by atoms with Gasteiger partial charge < -0.3 is 36.0 Å². The van der Waals surface area contributed by atoms with Crippen LogP contribution in [0.5, 0.6) is 0 Å². The molecule has 0 amide bonds. The van der Waals surface area contributed by atoms with Gasteiger partial charge in [-0.05, 0) is 57.3 Å². The number of carboxylic acid groups (broad SMARTS) is 2. The number of carboxylic acids is 2. The summed E-state index contributed by atoms with van der Waals surface area (Å²) in [6.45, 7) is 7.61. The molecule has 0 aliphatic rings. The highest BCUT2D eigenvalue weighted by molar-refractivity contribution is 5.97. The van der Waals surface area contributed by atoms with Gasteiger partial charge in [-0.3, -0.25) is 14.4 Å². The van der Waals surface area contributed by atoms with Crippen molar-refractivity contribution < 1.29 is 44.7 Å². The molecular weight excluding hydrogens is 470 g/mol. The van der Waals surface area contributed by atoms with Gasteiger partial charge in [-0.15, -0.1) is 0 Å². The first kappa shape index (κ1) is 34.2. The van der Waals surface area contributed by atoms with Crippen molar-refractivity contribution in [1.29, 1.82) is 0 Å². The molecule has 0 bridgehead atoms. The summed E-state index contributed by atoms with van der Waals surface area (Å²) in [5.74, 6) is -5.53. The van der Waals surface area contributed by atoms with Gasteiger partial charge in [-0.1, -0.05) is 40.0 Å². The van der Waals surface area contributed by atoms with Crippen LogP contribution in [0.4, 0.5) is 0 Å². The first-order valence-corrected chi connectivity index (χ1v) is 13.2. The van der Waals surface area contributed by atoms with E-state index >= 15 is 0 Å². The maximum absolute atomic E-state index is 12.4. The highest BCUT2D eigenvalue weighted by atomic mass is 16.5.